The molecule has 65 heavy (non-hydrogen) atoms. The Morgan fingerprint density at radius 2 is 0.815 bits per heavy atom. The van der Waals surface area contributed by atoms with Crippen LogP contribution in [0.5, 0.6) is 0 Å². The monoisotopic (exact) mass is 924 g/mol. The summed E-state index contributed by atoms with van der Waals surface area (Å²) < 4.78 is 32.8. The van der Waals surface area contributed by atoms with Gasteiger partial charge in [0.05, 0.1) is 13.2 Å². The maximum Gasteiger partial charge on any atom is 0.472 e. The van der Waals surface area contributed by atoms with Crippen LogP contribution in [-0.2, 0) is 32.7 Å². The Hall–Kier alpha value is -3.59. The summed E-state index contributed by atoms with van der Waals surface area (Å²) in [6.45, 7) is 3.42. The van der Waals surface area contributed by atoms with Gasteiger partial charge in [0, 0.05) is 19.4 Å². The third-order valence-corrected chi connectivity index (χ3v) is 10.8. The first-order valence-corrected chi connectivity index (χ1v) is 26.5. The van der Waals surface area contributed by atoms with E-state index in [1.54, 1.807) is 0 Å². The highest BCUT2D eigenvalue weighted by Crippen LogP contribution is 2.43. The molecule has 3 N–H and O–H groups in total. The Morgan fingerprint density at radius 1 is 0.462 bits per heavy atom. The van der Waals surface area contributed by atoms with Crippen molar-refractivity contribution >= 4 is 19.8 Å². The average molecular weight is 924 g/mol. The second-order valence-electron chi connectivity index (χ2n) is 15.9. The molecule has 0 saturated carbocycles. The second kappa shape index (κ2) is 49.8. The van der Waals surface area contributed by atoms with E-state index in [9.17, 15) is 19.0 Å². The highest BCUT2D eigenvalue weighted by atomic mass is 31.2. The topological polar surface area (TPSA) is 134 Å². The number of carbonyl (C=O) groups excluding carboxylic acids is 2. The molecule has 0 aromatic carbocycles. The molecule has 0 fully saturated rings. The summed E-state index contributed by atoms with van der Waals surface area (Å²) in [7, 11) is -4.40. The van der Waals surface area contributed by atoms with Crippen LogP contribution in [0.25, 0.3) is 0 Å². The fourth-order valence-electron chi connectivity index (χ4n) is 6.23. The average Bonchev–Trinajstić information content (AvgIpc) is 3.30. The summed E-state index contributed by atoms with van der Waals surface area (Å²) in [6.07, 6.45) is 68.2. The molecule has 0 aromatic rings. The van der Waals surface area contributed by atoms with E-state index >= 15 is 0 Å². The largest absolute Gasteiger partial charge is 0.472 e. The van der Waals surface area contributed by atoms with Crippen LogP contribution in [-0.4, -0.2) is 49.3 Å². The molecular formula is C55H90NO8P. The highest BCUT2D eigenvalue weighted by Gasteiger charge is 2.26. The number of nitrogens with two attached hydrogens (primary N) is 1. The molecule has 9 nitrogen and oxygen atoms in total. The number of phosphoric ester groups is 1. The summed E-state index contributed by atoms with van der Waals surface area (Å²) in [4.78, 5) is 35.0. The van der Waals surface area contributed by atoms with Crippen molar-refractivity contribution in [2.45, 2.75) is 187 Å². The normalized spacial score (nSPS) is 14.2. The summed E-state index contributed by atoms with van der Waals surface area (Å²) in [5, 5.41) is 0. The van der Waals surface area contributed by atoms with E-state index < -0.39 is 32.5 Å². The molecule has 0 aromatic heterocycles. The van der Waals surface area contributed by atoms with E-state index in [0.717, 1.165) is 96.3 Å². The van der Waals surface area contributed by atoms with Gasteiger partial charge in [0.25, 0.3) is 0 Å². The van der Waals surface area contributed by atoms with Gasteiger partial charge in [0.2, 0.25) is 0 Å². The summed E-state index contributed by atoms with van der Waals surface area (Å²) in [6, 6.07) is 0. The Balaban J connectivity index is 4.13. The van der Waals surface area contributed by atoms with Crippen LogP contribution in [0.3, 0.4) is 0 Å². The fraction of sp³-hybridized carbons (Fsp3) is 0.600. The molecule has 0 heterocycles. The quantitative estimate of drug-likeness (QED) is 0.0265. The van der Waals surface area contributed by atoms with Crippen molar-refractivity contribution in [1.82, 2.24) is 0 Å². The first-order valence-electron chi connectivity index (χ1n) is 25.0. The molecule has 2 atom stereocenters. The SMILES string of the molecule is CC/C=C\C/C=C\C/C=C\C/C=C\C/C=C\CCCCCCCCCCCCCC(=O)OC(COC(=O)CCC/C=C\C/C=C\C/C=C\C/C=C\C/C=C\CC)COP(=O)(O)OCCN. The predicted octanol–water partition coefficient (Wildman–Crippen LogP) is 15.3. The van der Waals surface area contributed by atoms with Gasteiger partial charge in [-0.1, -0.05) is 193 Å². The van der Waals surface area contributed by atoms with Crippen LogP contribution in [0.4, 0.5) is 0 Å². The molecule has 0 aliphatic carbocycles. The van der Waals surface area contributed by atoms with Crippen LogP contribution in [0.15, 0.2) is 122 Å². The molecule has 0 saturated heterocycles. The number of carbonyl (C=O) groups is 2. The van der Waals surface area contributed by atoms with Crippen LogP contribution >= 0.6 is 7.82 Å². The number of rotatable bonds is 45. The number of hydrogen-bond acceptors (Lipinski definition) is 8. The number of phosphoric acid groups is 1. The van der Waals surface area contributed by atoms with Crippen molar-refractivity contribution in [3.63, 3.8) is 0 Å². The zero-order chi connectivity index (χ0) is 47.4. The second-order valence-corrected chi connectivity index (χ2v) is 17.4. The number of unbranched alkanes of at least 4 members (excludes halogenated alkanes) is 12. The molecule has 0 radical (unpaired) electrons. The van der Waals surface area contributed by atoms with E-state index in [4.69, 9.17) is 24.3 Å². The molecule has 0 aliphatic rings. The van der Waals surface area contributed by atoms with Crippen LogP contribution in [0, 0.1) is 0 Å². The van der Waals surface area contributed by atoms with Crippen molar-refractivity contribution in [1.29, 1.82) is 0 Å². The number of allylic oxidation sites excluding steroid dienone is 20. The van der Waals surface area contributed by atoms with Crippen LogP contribution in [0.2, 0.25) is 0 Å². The van der Waals surface area contributed by atoms with Gasteiger partial charge in [-0.25, -0.2) is 4.57 Å². The lowest BCUT2D eigenvalue weighted by Crippen LogP contribution is -2.29. The predicted molar refractivity (Wildman–Crippen MR) is 274 cm³/mol. The molecule has 2 unspecified atom stereocenters. The summed E-state index contributed by atoms with van der Waals surface area (Å²) >= 11 is 0. The van der Waals surface area contributed by atoms with Crippen molar-refractivity contribution in [3.05, 3.63) is 122 Å². The number of ether oxygens (including phenoxy) is 2. The van der Waals surface area contributed by atoms with Crippen molar-refractivity contribution in [3.8, 4) is 0 Å². The molecule has 368 valence electrons. The maximum atomic E-state index is 12.7. The van der Waals surface area contributed by atoms with Crippen LogP contribution in [0.1, 0.15) is 181 Å². The number of hydrogen-bond donors (Lipinski definition) is 2. The summed E-state index contributed by atoms with van der Waals surface area (Å²) in [5.74, 6) is -0.910. The maximum absolute atomic E-state index is 12.7. The lowest BCUT2D eigenvalue weighted by molar-refractivity contribution is -0.161. The Labute approximate surface area is 396 Å². The minimum atomic E-state index is -4.40. The van der Waals surface area contributed by atoms with Gasteiger partial charge in [-0.05, 0) is 96.3 Å². The van der Waals surface area contributed by atoms with E-state index in [1.807, 2.05) is 6.08 Å². The van der Waals surface area contributed by atoms with E-state index in [-0.39, 0.29) is 32.6 Å². The van der Waals surface area contributed by atoms with Gasteiger partial charge in [-0.15, -0.1) is 0 Å². The van der Waals surface area contributed by atoms with E-state index in [1.165, 1.54) is 44.9 Å². The minimum Gasteiger partial charge on any atom is -0.462 e. The molecule has 0 amide bonds. The van der Waals surface area contributed by atoms with E-state index in [2.05, 4.69) is 129 Å². The number of esters is 2. The van der Waals surface area contributed by atoms with Gasteiger partial charge in [-0.2, -0.15) is 0 Å². The standard InChI is InChI=1S/C55H90NO8P/c1-3-5-7-9-11-13-15-17-19-21-22-23-24-25-26-27-28-29-30-32-34-36-38-40-42-44-46-48-55(58)64-53(52-63-65(59,60)62-50-49-56)51-61-54(57)47-45-43-41-39-37-35-33-31-20-18-16-14-12-10-8-6-4-2/h5-8,11-14,17-20,22-23,25-26,33,35,39,41,53H,3-4,9-10,15-16,21,24,27-32,34,36-38,40,42-52,56H2,1-2H3,(H,59,60)/b7-5-,8-6-,13-11-,14-12-,19-17-,20-18-,23-22-,26-25-,35-33-,41-39-. The van der Waals surface area contributed by atoms with Gasteiger partial charge >= 0.3 is 19.8 Å². The Kier molecular flexibility index (Phi) is 47.1. The van der Waals surface area contributed by atoms with Gasteiger partial charge in [-0.3, -0.25) is 18.6 Å². The molecular weight excluding hydrogens is 834 g/mol. The molecule has 0 aliphatic heterocycles. The van der Waals surface area contributed by atoms with Crippen LogP contribution < -0.4 is 5.73 Å². The molecule has 0 rings (SSSR count). The van der Waals surface area contributed by atoms with Crippen molar-refractivity contribution in [2.75, 3.05) is 26.4 Å². The summed E-state index contributed by atoms with van der Waals surface area (Å²) in [5.41, 5.74) is 5.36. The van der Waals surface area contributed by atoms with Gasteiger partial charge in [0.1, 0.15) is 6.61 Å². The first kappa shape index (κ1) is 61.4. The first-order chi connectivity index (χ1) is 31.8. The van der Waals surface area contributed by atoms with Crippen molar-refractivity contribution in [2.24, 2.45) is 5.73 Å². The lowest BCUT2D eigenvalue weighted by Gasteiger charge is -2.19. The van der Waals surface area contributed by atoms with E-state index in [0.29, 0.717) is 12.8 Å². The lowest BCUT2D eigenvalue weighted by atomic mass is 10.0. The Morgan fingerprint density at radius 3 is 1.23 bits per heavy atom. The molecule has 0 bridgehead atoms. The zero-order valence-electron chi connectivity index (χ0n) is 40.7. The third-order valence-electron chi connectivity index (χ3n) is 9.84. The van der Waals surface area contributed by atoms with Gasteiger partial charge in [0.15, 0.2) is 6.10 Å². The van der Waals surface area contributed by atoms with Gasteiger partial charge < -0.3 is 20.1 Å². The Bertz CT molecular complexity index is 1470. The third kappa shape index (κ3) is 49.7. The van der Waals surface area contributed by atoms with Crippen molar-refractivity contribution < 1.29 is 37.6 Å². The molecule has 10 heteroatoms. The zero-order valence-corrected chi connectivity index (χ0v) is 41.6. The highest BCUT2D eigenvalue weighted by molar-refractivity contribution is 7.47. The molecule has 0 spiro atoms. The minimum absolute atomic E-state index is 0.0387. The fourth-order valence-corrected chi connectivity index (χ4v) is 6.99. The smallest absolute Gasteiger partial charge is 0.462 e.